The average Bonchev–Trinajstić information content (AvgIpc) is 2.47. The van der Waals surface area contributed by atoms with Crippen molar-refractivity contribution in [2.75, 3.05) is 0 Å². The summed E-state index contributed by atoms with van der Waals surface area (Å²) in [4.78, 5) is 11.4. The second kappa shape index (κ2) is 3.05. The molecule has 1 aliphatic heterocycles. The molecule has 2 heteroatoms. The third-order valence-electron chi connectivity index (χ3n) is 2.01. The van der Waals surface area contributed by atoms with Gasteiger partial charge in [-0.1, -0.05) is 30.3 Å². The lowest BCUT2D eigenvalue weighted by molar-refractivity contribution is -0.120. The molecular formula is C11H10O2. The van der Waals surface area contributed by atoms with E-state index in [9.17, 15) is 4.79 Å². The first kappa shape index (κ1) is 8.05. The maximum Gasteiger partial charge on any atom is 0.204 e. The van der Waals surface area contributed by atoms with E-state index in [1.807, 2.05) is 30.3 Å². The van der Waals surface area contributed by atoms with Crippen molar-refractivity contribution in [1.29, 1.82) is 0 Å². The van der Waals surface area contributed by atoms with E-state index in [1.165, 1.54) is 6.08 Å². The molecular weight excluding hydrogens is 164 g/mol. The van der Waals surface area contributed by atoms with Crippen LogP contribution in [0.15, 0.2) is 42.2 Å². The van der Waals surface area contributed by atoms with Gasteiger partial charge in [-0.3, -0.25) is 4.79 Å². The fraction of sp³-hybridized carbons (Fsp3) is 0.182. The zero-order valence-corrected chi connectivity index (χ0v) is 7.36. The molecule has 0 aromatic heterocycles. The fourth-order valence-corrected chi connectivity index (χ4v) is 1.41. The second-order valence-corrected chi connectivity index (χ2v) is 3.07. The van der Waals surface area contributed by atoms with E-state index in [1.54, 1.807) is 6.92 Å². The minimum absolute atomic E-state index is 0.0312. The average molecular weight is 174 g/mol. The van der Waals surface area contributed by atoms with Crippen LogP contribution in [-0.2, 0) is 9.53 Å². The fourth-order valence-electron chi connectivity index (χ4n) is 1.41. The molecule has 1 unspecified atom stereocenters. The maximum absolute atomic E-state index is 11.4. The van der Waals surface area contributed by atoms with Crippen LogP contribution in [0.1, 0.15) is 18.6 Å². The maximum atomic E-state index is 11.4. The Morgan fingerprint density at radius 1 is 1.23 bits per heavy atom. The molecule has 1 aliphatic rings. The summed E-state index contributed by atoms with van der Waals surface area (Å²) >= 11 is 0. The smallest absolute Gasteiger partial charge is 0.204 e. The summed E-state index contributed by atoms with van der Waals surface area (Å²) in [6.45, 7) is 1.79. The van der Waals surface area contributed by atoms with Gasteiger partial charge in [-0.05, 0) is 6.92 Å². The highest BCUT2D eigenvalue weighted by Gasteiger charge is 2.25. The predicted octanol–water partition coefficient (Wildman–Crippen LogP) is 2.23. The standard InChI is InChI=1S/C11H10O2/c1-8-7-10(12)11(13-8)9-5-3-2-4-6-9/h2-7,11H,1H3. The van der Waals surface area contributed by atoms with Gasteiger partial charge >= 0.3 is 0 Å². The number of allylic oxidation sites excluding steroid dienone is 1. The molecule has 0 N–H and O–H groups in total. The van der Waals surface area contributed by atoms with Crippen LogP contribution in [0.5, 0.6) is 0 Å². The van der Waals surface area contributed by atoms with Gasteiger partial charge in [-0.2, -0.15) is 0 Å². The van der Waals surface area contributed by atoms with Crippen LogP contribution >= 0.6 is 0 Å². The predicted molar refractivity (Wildman–Crippen MR) is 49.0 cm³/mol. The zero-order valence-electron chi connectivity index (χ0n) is 7.36. The van der Waals surface area contributed by atoms with Crippen LogP contribution in [0.4, 0.5) is 0 Å². The SMILES string of the molecule is CC1=CC(=O)C(c2ccccc2)O1. The third kappa shape index (κ3) is 1.47. The number of rotatable bonds is 1. The second-order valence-electron chi connectivity index (χ2n) is 3.07. The molecule has 0 spiro atoms. The first-order valence-electron chi connectivity index (χ1n) is 4.21. The molecule has 2 rings (SSSR count). The summed E-state index contributed by atoms with van der Waals surface area (Å²) < 4.78 is 5.37. The van der Waals surface area contributed by atoms with E-state index < -0.39 is 6.10 Å². The summed E-state index contributed by atoms with van der Waals surface area (Å²) in [5, 5.41) is 0. The molecule has 13 heavy (non-hydrogen) atoms. The number of ether oxygens (including phenoxy) is 1. The lowest BCUT2D eigenvalue weighted by Gasteiger charge is -2.09. The van der Waals surface area contributed by atoms with Crippen molar-refractivity contribution in [2.24, 2.45) is 0 Å². The molecule has 0 amide bonds. The summed E-state index contributed by atoms with van der Waals surface area (Å²) in [6.07, 6.45) is 1.12. The van der Waals surface area contributed by atoms with Crippen LogP contribution in [-0.4, -0.2) is 5.78 Å². The molecule has 1 atom stereocenters. The minimum Gasteiger partial charge on any atom is -0.482 e. The minimum atomic E-state index is -0.416. The summed E-state index contributed by atoms with van der Waals surface area (Å²) in [6, 6.07) is 9.52. The Hall–Kier alpha value is -1.57. The van der Waals surface area contributed by atoms with Crippen molar-refractivity contribution in [3.8, 4) is 0 Å². The molecule has 1 heterocycles. The molecule has 0 radical (unpaired) electrons. The molecule has 66 valence electrons. The van der Waals surface area contributed by atoms with Gasteiger partial charge in [-0.15, -0.1) is 0 Å². The van der Waals surface area contributed by atoms with Gasteiger partial charge in [0.1, 0.15) is 0 Å². The van der Waals surface area contributed by atoms with Crippen molar-refractivity contribution in [2.45, 2.75) is 13.0 Å². The summed E-state index contributed by atoms with van der Waals surface area (Å²) in [5.41, 5.74) is 0.917. The van der Waals surface area contributed by atoms with E-state index in [4.69, 9.17) is 4.74 Å². The summed E-state index contributed by atoms with van der Waals surface area (Å²) in [7, 11) is 0. The number of ketones is 1. The topological polar surface area (TPSA) is 26.3 Å². The van der Waals surface area contributed by atoms with E-state index in [0.717, 1.165) is 5.56 Å². The quantitative estimate of drug-likeness (QED) is 0.652. The number of hydrogen-bond donors (Lipinski definition) is 0. The van der Waals surface area contributed by atoms with E-state index in [0.29, 0.717) is 5.76 Å². The van der Waals surface area contributed by atoms with Crippen LogP contribution in [0.25, 0.3) is 0 Å². The van der Waals surface area contributed by atoms with E-state index in [-0.39, 0.29) is 5.78 Å². The van der Waals surface area contributed by atoms with Gasteiger partial charge in [0.2, 0.25) is 5.78 Å². The largest absolute Gasteiger partial charge is 0.482 e. The molecule has 0 bridgehead atoms. The molecule has 1 aromatic rings. The van der Waals surface area contributed by atoms with Crippen molar-refractivity contribution in [3.05, 3.63) is 47.7 Å². The van der Waals surface area contributed by atoms with Crippen LogP contribution in [0.3, 0.4) is 0 Å². The Morgan fingerprint density at radius 3 is 2.46 bits per heavy atom. The Bertz CT molecular complexity index is 352. The van der Waals surface area contributed by atoms with Gasteiger partial charge in [0, 0.05) is 11.6 Å². The zero-order chi connectivity index (χ0) is 9.26. The van der Waals surface area contributed by atoms with Gasteiger partial charge in [0.05, 0.1) is 5.76 Å². The van der Waals surface area contributed by atoms with E-state index in [2.05, 4.69) is 0 Å². The Balaban J connectivity index is 2.26. The van der Waals surface area contributed by atoms with Gasteiger partial charge in [-0.25, -0.2) is 0 Å². The van der Waals surface area contributed by atoms with Crippen LogP contribution < -0.4 is 0 Å². The molecule has 0 saturated carbocycles. The van der Waals surface area contributed by atoms with Gasteiger partial charge in [0.25, 0.3) is 0 Å². The highest BCUT2D eigenvalue weighted by molar-refractivity contribution is 5.96. The monoisotopic (exact) mass is 174 g/mol. The highest BCUT2D eigenvalue weighted by atomic mass is 16.5. The lowest BCUT2D eigenvalue weighted by Crippen LogP contribution is -2.06. The van der Waals surface area contributed by atoms with Crippen LogP contribution in [0.2, 0.25) is 0 Å². The third-order valence-corrected chi connectivity index (χ3v) is 2.01. The molecule has 0 fully saturated rings. The first-order chi connectivity index (χ1) is 6.27. The first-order valence-corrected chi connectivity index (χ1v) is 4.21. The van der Waals surface area contributed by atoms with Crippen molar-refractivity contribution < 1.29 is 9.53 Å². The number of benzene rings is 1. The van der Waals surface area contributed by atoms with Crippen molar-refractivity contribution in [1.82, 2.24) is 0 Å². The Morgan fingerprint density at radius 2 is 1.92 bits per heavy atom. The molecule has 1 aromatic carbocycles. The van der Waals surface area contributed by atoms with Gasteiger partial charge in [0.15, 0.2) is 6.10 Å². The molecule has 0 saturated heterocycles. The van der Waals surface area contributed by atoms with Gasteiger partial charge < -0.3 is 4.74 Å². The summed E-state index contributed by atoms with van der Waals surface area (Å²) in [5.74, 6) is 0.725. The van der Waals surface area contributed by atoms with E-state index >= 15 is 0 Å². The Labute approximate surface area is 76.8 Å². The van der Waals surface area contributed by atoms with Crippen molar-refractivity contribution in [3.63, 3.8) is 0 Å². The highest BCUT2D eigenvalue weighted by Crippen LogP contribution is 2.27. The number of carbonyl (C=O) groups excluding carboxylic acids is 1. The van der Waals surface area contributed by atoms with Crippen LogP contribution in [0, 0.1) is 0 Å². The Kier molecular flexibility index (Phi) is 1.89. The normalized spacial score (nSPS) is 21.2. The lowest BCUT2D eigenvalue weighted by atomic mass is 10.1. The molecule has 2 nitrogen and oxygen atoms in total. The molecule has 0 aliphatic carbocycles. The number of hydrogen-bond acceptors (Lipinski definition) is 2. The number of carbonyl (C=O) groups is 1. The van der Waals surface area contributed by atoms with Crippen molar-refractivity contribution >= 4 is 5.78 Å².